The van der Waals surface area contributed by atoms with Crippen molar-refractivity contribution in [2.75, 3.05) is 26.2 Å². The molecule has 1 fully saturated rings. The van der Waals surface area contributed by atoms with Crippen LogP contribution >= 0.6 is 11.6 Å². The van der Waals surface area contributed by atoms with Crippen molar-refractivity contribution in [2.45, 2.75) is 0 Å². The molecule has 4 rings (SSSR count). The molecule has 2 amide bonds. The zero-order valence-electron chi connectivity index (χ0n) is 13.3. The fraction of sp³-hybridized carbons (Fsp3) is 0.222. The Morgan fingerprint density at radius 3 is 2.36 bits per heavy atom. The number of hydrogen-bond donors (Lipinski definition) is 0. The number of carbonyl (C=O) groups excluding carboxylic acids is 2. The standard InChI is InChI=1S/C18H15ClN2O4/c19-14-1-2-15-13(9-14)10-16(25-15)18(23)21-6-4-20(5-7-21)17(22)12-3-8-24-11-12/h1-3,8-11H,4-7H2. The number of furan rings is 2. The van der Waals surface area contributed by atoms with Crippen LogP contribution in [-0.2, 0) is 0 Å². The highest BCUT2D eigenvalue weighted by Crippen LogP contribution is 2.24. The number of piperazine rings is 1. The lowest BCUT2D eigenvalue weighted by Gasteiger charge is -2.34. The summed E-state index contributed by atoms with van der Waals surface area (Å²) in [6, 6.07) is 8.57. The Balaban J connectivity index is 1.44. The van der Waals surface area contributed by atoms with Gasteiger partial charge in [-0.05, 0) is 30.3 Å². The van der Waals surface area contributed by atoms with Crippen LogP contribution in [-0.4, -0.2) is 47.8 Å². The number of nitrogens with zero attached hydrogens (tertiary/aromatic N) is 2. The number of hydrogen-bond acceptors (Lipinski definition) is 4. The van der Waals surface area contributed by atoms with E-state index in [1.54, 1.807) is 40.1 Å². The van der Waals surface area contributed by atoms with Gasteiger partial charge >= 0.3 is 0 Å². The lowest BCUT2D eigenvalue weighted by atomic mass is 10.2. The van der Waals surface area contributed by atoms with Crippen LogP contribution in [0.4, 0.5) is 0 Å². The predicted octanol–water partition coefficient (Wildman–Crippen LogP) is 3.28. The summed E-state index contributed by atoms with van der Waals surface area (Å²) in [5.74, 6) is 0.0221. The molecule has 0 radical (unpaired) electrons. The maximum absolute atomic E-state index is 12.6. The fourth-order valence-electron chi connectivity index (χ4n) is 2.96. The average Bonchev–Trinajstić information content (AvgIpc) is 3.30. The molecule has 0 atom stereocenters. The Morgan fingerprint density at radius 2 is 1.68 bits per heavy atom. The van der Waals surface area contributed by atoms with Crippen LogP contribution in [0.25, 0.3) is 11.0 Å². The second-order valence-electron chi connectivity index (χ2n) is 5.89. The summed E-state index contributed by atoms with van der Waals surface area (Å²) < 4.78 is 10.6. The van der Waals surface area contributed by atoms with E-state index in [4.69, 9.17) is 20.4 Å². The fourth-order valence-corrected chi connectivity index (χ4v) is 3.14. The maximum Gasteiger partial charge on any atom is 0.289 e. The molecule has 1 aliphatic rings. The zero-order valence-corrected chi connectivity index (χ0v) is 14.0. The summed E-state index contributed by atoms with van der Waals surface area (Å²) in [5.41, 5.74) is 1.15. The largest absolute Gasteiger partial charge is 0.472 e. The molecule has 3 aromatic rings. The molecule has 0 aliphatic carbocycles. The van der Waals surface area contributed by atoms with Gasteiger partial charge in [-0.2, -0.15) is 0 Å². The first kappa shape index (κ1) is 15.8. The highest BCUT2D eigenvalue weighted by atomic mass is 35.5. The molecule has 0 bridgehead atoms. The monoisotopic (exact) mass is 358 g/mol. The van der Waals surface area contributed by atoms with Crippen molar-refractivity contribution >= 4 is 34.4 Å². The number of amides is 2. The van der Waals surface area contributed by atoms with Gasteiger partial charge in [-0.3, -0.25) is 9.59 Å². The Hall–Kier alpha value is -2.73. The van der Waals surface area contributed by atoms with Crippen LogP contribution in [0.15, 0.2) is 51.7 Å². The van der Waals surface area contributed by atoms with E-state index < -0.39 is 0 Å². The molecule has 1 aliphatic heterocycles. The molecule has 0 spiro atoms. The van der Waals surface area contributed by atoms with Crippen molar-refractivity contribution in [1.82, 2.24) is 9.80 Å². The van der Waals surface area contributed by atoms with Crippen LogP contribution < -0.4 is 0 Å². The quantitative estimate of drug-likeness (QED) is 0.705. The molecule has 0 unspecified atom stereocenters. The minimum Gasteiger partial charge on any atom is -0.472 e. The highest BCUT2D eigenvalue weighted by Gasteiger charge is 2.27. The third-order valence-corrected chi connectivity index (χ3v) is 4.55. The van der Waals surface area contributed by atoms with Crippen molar-refractivity contribution in [3.63, 3.8) is 0 Å². The normalized spacial score (nSPS) is 14.9. The minimum atomic E-state index is -0.178. The summed E-state index contributed by atoms with van der Waals surface area (Å²) in [5, 5.41) is 1.39. The number of rotatable bonds is 2. The van der Waals surface area contributed by atoms with Gasteiger partial charge in [0.15, 0.2) is 5.76 Å². The minimum absolute atomic E-state index is 0.0840. The van der Waals surface area contributed by atoms with Gasteiger partial charge in [0, 0.05) is 36.6 Å². The maximum atomic E-state index is 12.6. The van der Waals surface area contributed by atoms with Gasteiger partial charge in [0.25, 0.3) is 11.8 Å². The van der Waals surface area contributed by atoms with Crippen molar-refractivity contribution < 1.29 is 18.4 Å². The second kappa shape index (κ2) is 6.29. The molecule has 6 nitrogen and oxygen atoms in total. The number of benzene rings is 1. The molecule has 0 N–H and O–H groups in total. The van der Waals surface area contributed by atoms with Crippen molar-refractivity contribution in [2.24, 2.45) is 0 Å². The third-order valence-electron chi connectivity index (χ3n) is 4.31. The molecule has 128 valence electrons. The topological polar surface area (TPSA) is 66.9 Å². The van der Waals surface area contributed by atoms with E-state index in [0.717, 1.165) is 5.39 Å². The van der Waals surface area contributed by atoms with Gasteiger partial charge < -0.3 is 18.6 Å². The van der Waals surface area contributed by atoms with Gasteiger partial charge in [0.1, 0.15) is 11.8 Å². The lowest BCUT2D eigenvalue weighted by Crippen LogP contribution is -2.50. The Kier molecular flexibility index (Phi) is 3.97. The predicted molar refractivity (Wildman–Crippen MR) is 91.7 cm³/mol. The van der Waals surface area contributed by atoms with Crippen molar-refractivity contribution in [3.05, 3.63) is 59.2 Å². The highest BCUT2D eigenvalue weighted by molar-refractivity contribution is 6.31. The van der Waals surface area contributed by atoms with Crippen LogP contribution in [0, 0.1) is 0 Å². The van der Waals surface area contributed by atoms with E-state index in [1.165, 1.54) is 12.5 Å². The van der Waals surface area contributed by atoms with E-state index in [-0.39, 0.29) is 17.6 Å². The molecule has 7 heteroatoms. The average molecular weight is 359 g/mol. The molecule has 0 saturated carbocycles. The van der Waals surface area contributed by atoms with E-state index in [2.05, 4.69) is 0 Å². The lowest BCUT2D eigenvalue weighted by molar-refractivity contribution is 0.0519. The van der Waals surface area contributed by atoms with Crippen LogP contribution in [0.1, 0.15) is 20.9 Å². The molecule has 3 heterocycles. The molecule has 2 aromatic heterocycles. The summed E-state index contributed by atoms with van der Waals surface area (Å²) in [4.78, 5) is 28.3. The Bertz CT molecular complexity index is 924. The second-order valence-corrected chi connectivity index (χ2v) is 6.33. The van der Waals surface area contributed by atoms with Crippen molar-refractivity contribution in [1.29, 1.82) is 0 Å². The van der Waals surface area contributed by atoms with Gasteiger partial charge in [-0.1, -0.05) is 11.6 Å². The van der Waals surface area contributed by atoms with Gasteiger partial charge in [-0.25, -0.2) is 0 Å². The van der Waals surface area contributed by atoms with Crippen LogP contribution in [0.5, 0.6) is 0 Å². The Labute approximate surface area is 148 Å². The summed E-state index contributed by atoms with van der Waals surface area (Å²) >= 11 is 5.96. The van der Waals surface area contributed by atoms with E-state index in [9.17, 15) is 9.59 Å². The smallest absolute Gasteiger partial charge is 0.289 e. The summed E-state index contributed by atoms with van der Waals surface area (Å²) in [6.07, 6.45) is 2.90. The third kappa shape index (κ3) is 3.00. The number of halogens is 1. The zero-order chi connectivity index (χ0) is 17.4. The molecular formula is C18H15ClN2O4. The van der Waals surface area contributed by atoms with Gasteiger partial charge in [0.2, 0.25) is 0 Å². The molecular weight excluding hydrogens is 344 g/mol. The first-order valence-electron chi connectivity index (χ1n) is 7.92. The van der Waals surface area contributed by atoms with Crippen LogP contribution in [0.3, 0.4) is 0 Å². The first-order chi connectivity index (χ1) is 12.1. The van der Waals surface area contributed by atoms with Crippen LogP contribution in [0.2, 0.25) is 5.02 Å². The van der Waals surface area contributed by atoms with Gasteiger partial charge in [0.05, 0.1) is 11.8 Å². The van der Waals surface area contributed by atoms with Gasteiger partial charge in [-0.15, -0.1) is 0 Å². The van der Waals surface area contributed by atoms with E-state index in [1.807, 2.05) is 0 Å². The van der Waals surface area contributed by atoms with E-state index >= 15 is 0 Å². The van der Waals surface area contributed by atoms with E-state index in [0.29, 0.717) is 42.3 Å². The number of fused-ring (bicyclic) bond motifs is 1. The SMILES string of the molecule is O=C(c1ccoc1)N1CCN(C(=O)c2cc3cc(Cl)ccc3o2)CC1. The number of carbonyl (C=O) groups is 2. The molecule has 25 heavy (non-hydrogen) atoms. The first-order valence-corrected chi connectivity index (χ1v) is 8.29. The summed E-state index contributed by atoms with van der Waals surface area (Å²) in [7, 11) is 0. The Morgan fingerprint density at radius 1 is 0.960 bits per heavy atom. The van der Waals surface area contributed by atoms with Crippen molar-refractivity contribution in [3.8, 4) is 0 Å². The summed E-state index contributed by atoms with van der Waals surface area (Å²) in [6.45, 7) is 1.87. The molecule has 1 saturated heterocycles. The molecule has 1 aromatic carbocycles.